The highest BCUT2D eigenvalue weighted by Crippen LogP contribution is 2.45. The van der Waals surface area contributed by atoms with Gasteiger partial charge in [-0.3, -0.25) is 0 Å². The molecule has 22 aromatic rings. The summed E-state index contributed by atoms with van der Waals surface area (Å²) in [6, 6.07) is 185. The highest BCUT2D eigenvalue weighted by molar-refractivity contribution is 6.10. The molecule has 0 aliphatic heterocycles. The van der Waals surface area contributed by atoms with Gasteiger partial charge in [0.25, 0.3) is 0 Å². The van der Waals surface area contributed by atoms with Crippen LogP contribution in [0.1, 0.15) is 27.8 Å². The van der Waals surface area contributed by atoms with E-state index >= 15 is 0 Å². The number of aryl methyl sites for hydroxylation is 5. The van der Waals surface area contributed by atoms with Crippen LogP contribution >= 0.6 is 0 Å². The molecule has 0 atom stereocenters. The second-order valence-corrected chi connectivity index (χ2v) is 32.8. The molecule has 5 heteroatoms. The number of fused-ring (bicyclic) bond motifs is 6. The van der Waals surface area contributed by atoms with Crippen LogP contribution in [-0.4, -0.2) is 4.57 Å². The SMILES string of the molecule is Cc1ccc(-n2c3ccccc3c3ccccc32)cc1.Cc1ccc(N(c2ccc(-c3ccccc3)cc2)c2ccc(-c3ccccc3)cc2)cc1.Cc1ccc(N(c2cccc3ccccc23)c2cccc3ccccc23)cc1.Cc1ccc(N(c2ccccc2)c2ccc(-c3ccccc3)cc2)cc1.Cc1ccc(N(c2ccccc2)c2cccc3ccccc23)cc1. The first-order valence-electron chi connectivity index (χ1n) is 44.6. The van der Waals surface area contributed by atoms with Crippen LogP contribution in [0.3, 0.4) is 0 Å². The number of rotatable bonds is 16. The molecule has 0 aliphatic rings. The number of anilines is 12. The van der Waals surface area contributed by atoms with Crippen molar-refractivity contribution in [3.8, 4) is 39.1 Å². The first-order chi connectivity index (χ1) is 64.1. The molecule has 130 heavy (non-hydrogen) atoms. The van der Waals surface area contributed by atoms with Gasteiger partial charge in [-0.05, 0) is 236 Å². The summed E-state index contributed by atoms with van der Waals surface area (Å²) in [6.45, 7) is 10.6. The average Bonchev–Trinajstić information content (AvgIpc) is 1.42. The molecule has 0 N–H and O–H groups in total. The number of hydrogen-bond acceptors (Lipinski definition) is 4. The van der Waals surface area contributed by atoms with Gasteiger partial charge in [-0.1, -0.05) is 398 Å². The minimum absolute atomic E-state index is 1.14. The Labute approximate surface area is 764 Å². The Morgan fingerprint density at radius 2 is 0.338 bits per heavy atom. The van der Waals surface area contributed by atoms with Gasteiger partial charge in [0, 0.05) is 83.8 Å². The standard InChI is InChI=1S/C31H25N.C27H21N.C25H21N.C23H19N.C19H15N/c1-24-12-18-29(19-13-24)32(30-20-14-27(15-21-30)25-8-4-2-5-9-25)31-22-16-28(17-23-31)26-10-6-3-7-11-26;1-20-16-18-23(19-17-20)28(26-14-6-10-21-8-2-4-12-24(21)26)27-15-7-11-22-9-3-5-13-25(22)27;1-20-12-16-24(17-13-20)26(23-10-6-3-7-11-23)25-18-14-22(15-19-25)21-8-4-2-5-9-21;1-18-14-16-21(17-15-18)24(20-10-3-2-4-11-20)23-13-7-9-19-8-5-6-12-22(19)23;1-14-10-12-15(13-11-14)20-18-8-4-2-6-16(18)17-7-3-5-9-19(17)20/h2-23H,1H3;2-19H,1H3;2-19H,1H3;2-17H,1H3;2-13H,1H3. The lowest BCUT2D eigenvalue weighted by Crippen LogP contribution is -2.11. The van der Waals surface area contributed by atoms with Gasteiger partial charge in [0.15, 0.2) is 0 Å². The maximum absolute atomic E-state index is 2.38. The summed E-state index contributed by atoms with van der Waals surface area (Å²) in [5, 5.41) is 10.1. The Kier molecular flexibility index (Phi) is 26.0. The van der Waals surface area contributed by atoms with Crippen LogP contribution in [0, 0.1) is 34.6 Å². The molecule has 0 unspecified atom stereocenters. The fraction of sp³-hybridized carbons (Fsp3) is 0.0400. The molecule has 22 rings (SSSR count). The molecular weight excluding hydrogens is 1570 g/mol. The maximum atomic E-state index is 2.38. The van der Waals surface area contributed by atoms with Crippen molar-refractivity contribution in [2.45, 2.75) is 34.6 Å². The second kappa shape index (κ2) is 40.1. The lowest BCUT2D eigenvalue weighted by Gasteiger charge is -2.28. The van der Waals surface area contributed by atoms with Gasteiger partial charge in [-0.2, -0.15) is 0 Å². The summed E-state index contributed by atoms with van der Waals surface area (Å²) >= 11 is 0. The topological polar surface area (TPSA) is 17.9 Å². The van der Waals surface area contributed by atoms with E-state index in [2.05, 4.69) is 574 Å². The lowest BCUT2D eigenvalue weighted by atomic mass is 10.0. The van der Waals surface area contributed by atoms with Crippen molar-refractivity contribution in [1.29, 1.82) is 0 Å². The molecule has 5 nitrogen and oxygen atoms in total. The molecule has 0 saturated heterocycles. The Hall–Kier alpha value is -16.6. The first-order valence-corrected chi connectivity index (χ1v) is 44.6. The highest BCUT2D eigenvalue weighted by Gasteiger charge is 2.21. The summed E-state index contributed by atoms with van der Waals surface area (Å²) in [7, 11) is 0. The predicted octanol–water partition coefficient (Wildman–Crippen LogP) is 35.4. The van der Waals surface area contributed by atoms with Crippen LogP contribution in [0.4, 0.5) is 68.2 Å². The van der Waals surface area contributed by atoms with Crippen LogP contribution in [-0.2, 0) is 0 Å². The molecule has 0 radical (unpaired) electrons. The van der Waals surface area contributed by atoms with Gasteiger partial charge in [0.05, 0.1) is 28.1 Å². The van der Waals surface area contributed by atoms with Crippen molar-refractivity contribution in [2.75, 3.05) is 19.6 Å². The second-order valence-electron chi connectivity index (χ2n) is 32.8. The maximum Gasteiger partial charge on any atom is 0.0541 e. The zero-order chi connectivity index (χ0) is 88.3. The summed E-state index contributed by atoms with van der Waals surface area (Å²) < 4.78 is 2.34. The van der Waals surface area contributed by atoms with Crippen molar-refractivity contribution < 1.29 is 0 Å². The molecule has 0 bridgehead atoms. The molecule has 0 amide bonds. The van der Waals surface area contributed by atoms with Crippen molar-refractivity contribution in [1.82, 2.24) is 4.57 Å². The van der Waals surface area contributed by atoms with Crippen molar-refractivity contribution in [2.24, 2.45) is 0 Å². The van der Waals surface area contributed by atoms with E-state index in [4.69, 9.17) is 0 Å². The van der Waals surface area contributed by atoms with Gasteiger partial charge in [-0.15, -0.1) is 0 Å². The third kappa shape index (κ3) is 19.4. The highest BCUT2D eigenvalue weighted by atomic mass is 15.2. The Morgan fingerprint density at radius 3 is 0.646 bits per heavy atom. The van der Waals surface area contributed by atoms with Gasteiger partial charge >= 0.3 is 0 Å². The van der Waals surface area contributed by atoms with Gasteiger partial charge in [0.1, 0.15) is 0 Å². The van der Waals surface area contributed by atoms with E-state index in [1.165, 1.54) is 149 Å². The third-order valence-electron chi connectivity index (χ3n) is 23.8. The van der Waals surface area contributed by atoms with Crippen LogP contribution < -0.4 is 19.6 Å². The molecular formula is C125H101N5. The minimum atomic E-state index is 1.14. The molecule has 1 aromatic heterocycles. The third-order valence-corrected chi connectivity index (χ3v) is 23.8. The van der Waals surface area contributed by atoms with Crippen LogP contribution in [0.2, 0.25) is 0 Å². The number of benzene rings is 21. The number of nitrogens with zero attached hydrogens (tertiary/aromatic N) is 5. The van der Waals surface area contributed by atoms with Crippen LogP contribution in [0.15, 0.2) is 522 Å². The molecule has 21 aromatic carbocycles. The Balaban J connectivity index is 0.000000110. The first kappa shape index (κ1) is 84.3. The number of para-hydroxylation sites is 4. The zero-order valence-corrected chi connectivity index (χ0v) is 73.9. The molecule has 0 fully saturated rings. The lowest BCUT2D eigenvalue weighted by molar-refractivity contribution is 1.17. The fourth-order valence-corrected chi connectivity index (χ4v) is 17.1. The van der Waals surface area contributed by atoms with Crippen molar-refractivity contribution in [3.63, 3.8) is 0 Å². The van der Waals surface area contributed by atoms with E-state index in [0.717, 1.165) is 39.8 Å². The van der Waals surface area contributed by atoms with Gasteiger partial charge in [-0.25, -0.2) is 0 Å². The van der Waals surface area contributed by atoms with Crippen LogP contribution in [0.5, 0.6) is 0 Å². The molecule has 1 heterocycles. The van der Waals surface area contributed by atoms with Crippen molar-refractivity contribution in [3.05, 3.63) is 550 Å². The Morgan fingerprint density at radius 1 is 0.138 bits per heavy atom. The minimum Gasteiger partial charge on any atom is -0.311 e. The van der Waals surface area contributed by atoms with Crippen LogP contribution in [0.25, 0.3) is 93.2 Å². The van der Waals surface area contributed by atoms with Gasteiger partial charge in [0.2, 0.25) is 0 Å². The predicted molar refractivity (Wildman–Crippen MR) is 558 cm³/mol. The molecule has 0 saturated carbocycles. The fourth-order valence-electron chi connectivity index (χ4n) is 17.1. The molecule has 0 aliphatic carbocycles. The quantitative estimate of drug-likeness (QED) is 0.0959. The number of aromatic nitrogens is 1. The van der Waals surface area contributed by atoms with E-state index in [-0.39, 0.29) is 0 Å². The van der Waals surface area contributed by atoms with E-state index in [9.17, 15) is 0 Å². The zero-order valence-electron chi connectivity index (χ0n) is 73.9. The largest absolute Gasteiger partial charge is 0.311 e. The molecule has 626 valence electrons. The Bertz CT molecular complexity index is 7210. The summed E-state index contributed by atoms with van der Waals surface area (Å²) in [4.78, 5) is 9.29. The van der Waals surface area contributed by atoms with E-state index in [0.29, 0.717) is 0 Å². The summed E-state index contributed by atoms with van der Waals surface area (Å²) in [5.74, 6) is 0. The van der Waals surface area contributed by atoms with E-state index in [1.807, 2.05) is 6.07 Å². The number of hydrogen-bond donors (Lipinski definition) is 0. The molecule has 0 spiro atoms. The monoisotopic (exact) mass is 1670 g/mol. The summed E-state index contributed by atoms with van der Waals surface area (Å²) in [5.41, 5.74) is 31.4. The van der Waals surface area contributed by atoms with E-state index in [1.54, 1.807) is 0 Å². The van der Waals surface area contributed by atoms with Crippen molar-refractivity contribution >= 4 is 122 Å². The normalized spacial score (nSPS) is 10.8. The van der Waals surface area contributed by atoms with Gasteiger partial charge < -0.3 is 24.2 Å². The smallest absolute Gasteiger partial charge is 0.0541 e. The average molecular weight is 1670 g/mol. The van der Waals surface area contributed by atoms with E-state index < -0.39 is 0 Å². The summed E-state index contributed by atoms with van der Waals surface area (Å²) in [6.07, 6.45) is 0.